The average Bonchev–Trinajstić information content (AvgIpc) is 2.74. The van der Waals surface area contributed by atoms with Crippen LogP contribution in [0.5, 0.6) is 0 Å². The van der Waals surface area contributed by atoms with E-state index in [1.807, 2.05) is 12.2 Å². The van der Waals surface area contributed by atoms with Gasteiger partial charge in [0.1, 0.15) is 10.1 Å². The van der Waals surface area contributed by atoms with Crippen LogP contribution in [0.1, 0.15) is 0 Å². The third-order valence-electron chi connectivity index (χ3n) is 1.19. The molecule has 2 rings (SSSR count). The molecule has 0 atom stereocenters. The second-order valence-corrected chi connectivity index (χ2v) is 3.66. The minimum absolute atomic E-state index is 0.613. The van der Waals surface area contributed by atoms with Gasteiger partial charge in [-0.1, -0.05) is 0 Å². The van der Waals surface area contributed by atoms with E-state index < -0.39 is 0 Å². The van der Waals surface area contributed by atoms with E-state index in [-0.39, 0.29) is 0 Å². The predicted octanol–water partition coefficient (Wildman–Crippen LogP) is 2.48. The zero-order valence-electron chi connectivity index (χ0n) is 6.10. The normalized spacial score (nSPS) is 23.3. The zero-order chi connectivity index (χ0) is 8.23. The molecule has 0 saturated heterocycles. The van der Waals surface area contributed by atoms with Crippen LogP contribution in [-0.2, 0) is 8.37 Å². The molecule has 0 radical (unpaired) electrons. The van der Waals surface area contributed by atoms with E-state index >= 15 is 0 Å². The molecule has 0 aromatic rings. The second-order valence-electron chi connectivity index (χ2n) is 2.02. The summed E-state index contributed by atoms with van der Waals surface area (Å²) < 4.78 is 9.97. The van der Waals surface area contributed by atoms with Crippen molar-refractivity contribution in [1.82, 2.24) is 0 Å². The van der Waals surface area contributed by atoms with Crippen molar-refractivity contribution in [2.45, 2.75) is 0 Å². The Balaban J connectivity index is 1.92. The molecule has 2 aliphatic rings. The summed E-state index contributed by atoms with van der Waals surface area (Å²) in [6.07, 6.45) is 3.77. The van der Waals surface area contributed by atoms with Gasteiger partial charge in [-0.3, -0.25) is 0 Å². The summed E-state index contributed by atoms with van der Waals surface area (Å²) >= 11 is 2.50. The molecule has 0 aromatic heterocycles. The van der Waals surface area contributed by atoms with Gasteiger partial charge in [-0.2, -0.15) is 0 Å². The van der Waals surface area contributed by atoms with Gasteiger partial charge in [-0.15, -0.1) is 10.2 Å². The van der Waals surface area contributed by atoms with Crippen molar-refractivity contribution in [3.63, 3.8) is 0 Å². The molecule has 0 unspecified atom stereocenters. The molecule has 6 heteroatoms. The summed E-state index contributed by atoms with van der Waals surface area (Å²) in [7, 11) is 0. The van der Waals surface area contributed by atoms with Gasteiger partial charge in [0.2, 0.25) is 0 Å². The van der Waals surface area contributed by atoms with E-state index in [2.05, 4.69) is 10.2 Å². The summed E-state index contributed by atoms with van der Waals surface area (Å²) in [6.45, 7) is 1.23. The lowest BCUT2D eigenvalue weighted by Crippen LogP contribution is -1.64. The lowest BCUT2D eigenvalue weighted by Gasteiger charge is -1.88. The highest BCUT2D eigenvalue weighted by molar-refractivity contribution is 7.99. The van der Waals surface area contributed by atoms with Crippen molar-refractivity contribution in [2.24, 2.45) is 10.2 Å². The molecule has 0 bridgehead atoms. The molecule has 0 aromatic carbocycles. The third kappa shape index (κ3) is 2.10. The van der Waals surface area contributed by atoms with Crippen molar-refractivity contribution in [3.05, 3.63) is 22.2 Å². The summed E-state index contributed by atoms with van der Waals surface area (Å²) in [5, 5.41) is 9.54. The summed E-state index contributed by atoms with van der Waals surface area (Å²) in [4.78, 5) is 0. The van der Waals surface area contributed by atoms with Crippen LogP contribution < -0.4 is 0 Å². The van der Waals surface area contributed by atoms with E-state index in [1.54, 1.807) is 0 Å². The maximum absolute atomic E-state index is 4.99. The standard InChI is InChI=1S/C6H6N2O2S2/c1-3-9-11-5(1)7-8-6-2-4-10-12-6/h1-2H,3-4H2. The van der Waals surface area contributed by atoms with Crippen molar-refractivity contribution in [1.29, 1.82) is 0 Å². The van der Waals surface area contributed by atoms with Crippen LogP contribution in [0.4, 0.5) is 0 Å². The van der Waals surface area contributed by atoms with Crippen molar-refractivity contribution in [3.8, 4) is 0 Å². The summed E-state index contributed by atoms with van der Waals surface area (Å²) in [6, 6.07) is 0. The van der Waals surface area contributed by atoms with Gasteiger partial charge in [0.05, 0.1) is 37.3 Å². The average molecular weight is 202 g/mol. The smallest absolute Gasteiger partial charge is 0.144 e. The van der Waals surface area contributed by atoms with E-state index in [0.717, 1.165) is 10.1 Å². The van der Waals surface area contributed by atoms with Crippen LogP contribution in [0, 0.1) is 0 Å². The first kappa shape index (κ1) is 8.31. The third-order valence-corrected chi connectivity index (χ3v) is 2.53. The molecule has 0 fully saturated rings. The van der Waals surface area contributed by atoms with Gasteiger partial charge in [-0.05, 0) is 12.2 Å². The Bertz CT molecular complexity index is 236. The topological polar surface area (TPSA) is 43.2 Å². The molecule has 12 heavy (non-hydrogen) atoms. The Hall–Kier alpha value is -0.300. The van der Waals surface area contributed by atoms with Gasteiger partial charge in [0.15, 0.2) is 0 Å². The van der Waals surface area contributed by atoms with Crippen molar-refractivity contribution < 1.29 is 8.37 Å². The number of hydrogen-bond donors (Lipinski definition) is 0. The molecule has 0 aliphatic carbocycles. The number of rotatable bonds is 2. The first-order valence-corrected chi connectivity index (χ1v) is 4.84. The Kier molecular flexibility index (Phi) is 2.83. The molecule has 0 saturated carbocycles. The zero-order valence-corrected chi connectivity index (χ0v) is 7.73. The van der Waals surface area contributed by atoms with E-state index in [0.29, 0.717) is 13.2 Å². The van der Waals surface area contributed by atoms with E-state index in [9.17, 15) is 0 Å². The van der Waals surface area contributed by atoms with Gasteiger partial charge in [-0.25, -0.2) is 0 Å². The molecule has 0 amide bonds. The fourth-order valence-corrected chi connectivity index (χ4v) is 1.62. The quantitative estimate of drug-likeness (QED) is 0.509. The van der Waals surface area contributed by atoms with Crippen LogP contribution in [0.3, 0.4) is 0 Å². The largest absolute Gasteiger partial charge is 0.305 e. The Labute approximate surface area is 78.5 Å². The molecule has 0 N–H and O–H groups in total. The fraction of sp³-hybridized carbons (Fsp3) is 0.333. The van der Waals surface area contributed by atoms with Gasteiger partial charge in [0, 0.05) is 0 Å². The van der Waals surface area contributed by atoms with E-state index in [4.69, 9.17) is 8.37 Å². The second kappa shape index (κ2) is 4.08. The van der Waals surface area contributed by atoms with Crippen LogP contribution in [0.15, 0.2) is 32.4 Å². The predicted molar refractivity (Wildman–Crippen MR) is 48.1 cm³/mol. The minimum atomic E-state index is 0.613. The van der Waals surface area contributed by atoms with Crippen LogP contribution >= 0.6 is 24.1 Å². The van der Waals surface area contributed by atoms with Gasteiger partial charge in [0.25, 0.3) is 0 Å². The molecule has 0 spiro atoms. The Morgan fingerprint density at radius 2 is 1.50 bits per heavy atom. The maximum atomic E-state index is 4.99. The van der Waals surface area contributed by atoms with Gasteiger partial charge >= 0.3 is 0 Å². The van der Waals surface area contributed by atoms with E-state index in [1.165, 1.54) is 24.1 Å². The first-order valence-electron chi connectivity index (χ1n) is 3.36. The van der Waals surface area contributed by atoms with Crippen LogP contribution in [-0.4, -0.2) is 13.2 Å². The lowest BCUT2D eigenvalue weighted by molar-refractivity contribution is 0.441. The molecular formula is C6H6N2O2S2. The number of azo groups is 1. The highest BCUT2D eigenvalue weighted by Crippen LogP contribution is 2.28. The summed E-state index contributed by atoms with van der Waals surface area (Å²) in [5.41, 5.74) is 0. The van der Waals surface area contributed by atoms with Gasteiger partial charge < -0.3 is 8.37 Å². The maximum Gasteiger partial charge on any atom is 0.144 e. The first-order chi connectivity index (χ1) is 5.95. The molecule has 4 nitrogen and oxygen atoms in total. The number of hydrogen-bond acceptors (Lipinski definition) is 6. The molecular weight excluding hydrogens is 196 g/mol. The monoisotopic (exact) mass is 202 g/mol. The minimum Gasteiger partial charge on any atom is -0.305 e. The summed E-state index contributed by atoms with van der Waals surface area (Å²) in [5.74, 6) is 0. The fourth-order valence-electron chi connectivity index (χ4n) is 0.681. The highest BCUT2D eigenvalue weighted by Gasteiger charge is 2.07. The molecule has 2 heterocycles. The Morgan fingerprint density at radius 1 is 1.00 bits per heavy atom. The van der Waals surface area contributed by atoms with Crippen LogP contribution in [0.2, 0.25) is 0 Å². The van der Waals surface area contributed by atoms with Crippen LogP contribution in [0.25, 0.3) is 0 Å². The molecule has 64 valence electrons. The highest BCUT2D eigenvalue weighted by atomic mass is 32.2. The molecule has 2 aliphatic heterocycles. The lowest BCUT2D eigenvalue weighted by atomic mass is 10.6. The SMILES string of the molecule is C1=C(N=NC2=CCOS2)SOC1. The van der Waals surface area contributed by atoms with Crippen molar-refractivity contribution >= 4 is 24.1 Å². The number of nitrogens with zero attached hydrogens (tertiary/aromatic N) is 2. The Morgan fingerprint density at radius 3 is 1.83 bits per heavy atom. The van der Waals surface area contributed by atoms with Crippen molar-refractivity contribution in [2.75, 3.05) is 13.2 Å².